The van der Waals surface area contributed by atoms with Gasteiger partial charge in [0.1, 0.15) is 0 Å². The van der Waals surface area contributed by atoms with Gasteiger partial charge in [0.15, 0.2) is 0 Å². The van der Waals surface area contributed by atoms with Crippen molar-refractivity contribution in [3.8, 4) is 0 Å². The van der Waals surface area contributed by atoms with E-state index in [1.807, 2.05) is 24.3 Å². The summed E-state index contributed by atoms with van der Waals surface area (Å²) in [4.78, 5) is 42.7. The zero-order valence-corrected chi connectivity index (χ0v) is 14.1. The fraction of sp³-hybridized carbons (Fsp3) is 0.250. The van der Waals surface area contributed by atoms with E-state index >= 15 is 0 Å². The van der Waals surface area contributed by atoms with Crippen molar-refractivity contribution in [1.29, 1.82) is 0 Å². The van der Waals surface area contributed by atoms with Gasteiger partial charge < -0.3 is 10.7 Å². The Morgan fingerprint density at radius 1 is 1.08 bits per heavy atom. The van der Waals surface area contributed by atoms with E-state index in [1.165, 1.54) is 0 Å². The summed E-state index contributed by atoms with van der Waals surface area (Å²) in [5.74, 6) is -1.54. The molecule has 0 radical (unpaired) electrons. The van der Waals surface area contributed by atoms with Crippen molar-refractivity contribution in [2.45, 2.75) is 25.7 Å². The molecule has 0 unspecified atom stereocenters. The van der Waals surface area contributed by atoms with Gasteiger partial charge in [-0.1, -0.05) is 18.2 Å². The Bertz CT molecular complexity index is 1140. The Morgan fingerprint density at radius 2 is 1.81 bits per heavy atom. The number of aromatic amines is 1. The normalized spacial score (nSPS) is 16.0. The zero-order chi connectivity index (χ0) is 18.0. The number of nitrogens with two attached hydrogens (primary N) is 1. The van der Waals surface area contributed by atoms with Crippen LogP contribution in [0.4, 0.5) is 0 Å². The van der Waals surface area contributed by atoms with Crippen molar-refractivity contribution in [2.24, 2.45) is 5.73 Å². The van der Waals surface area contributed by atoms with E-state index in [9.17, 15) is 14.4 Å². The molecule has 6 heteroatoms. The number of para-hydroxylation sites is 1. The lowest BCUT2D eigenvalue weighted by atomic mass is 9.94. The van der Waals surface area contributed by atoms with Crippen LogP contribution in [0.3, 0.4) is 0 Å². The number of imide groups is 3. The molecule has 3 amide bonds. The quantitative estimate of drug-likeness (QED) is 0.695. The molecule has 6 nitrogen and oxygen atoms in total. The standard InChI is InChI=1S/C20H17N3O3/c21-9-8-14(24)23-19(25)16-10-5-3-6-11(10)18-15(17(16)20(23)26)12-4-1-2-7-13(12)22-18/h1-2,4,7,22H,3,5-6,8-9,21H2. The van der Waals surface area contributed by atoms with Crippen molar-refractivity contribution >= 4 is 39.5 Å². The largest absolute Gasteiger partial charge is 0.354 e. The van der Waals surface area contributed by atoms with Crippen LogP contribution in [-0.4, -0.2) is 34.2 Å². The number of carbonyl (C=O) groups is 3. The van der Waals surface area contributed by atoms with Gasteiger partial charge in [-0.25, -0.2) is 4.90 Å². The molecule has 1 aliphatic carbocycles. The van der Waals surface area contributed by atoms with E-state index in [4.69, 9.17) is 5.73 Å². The van der Waals surface area contributed by atoms with E-state index in [2.05, 4.69) is 4.98 Å². The lowest BCUT2D eigenvalue weighted by molar-refractivity contribution is -0.126. The second-order valence-electron chi connectivity index (χ2n) is 6.86. The van der Waals surface area contributed by atoms with Crippen molar-refractivity contribution in [1.82, 2.24) is 9.88 Å². The van der Waals surface area contributed by atoms with Crippen LogP contribution in [-0.2, 0) is 17.6 Å². The topological polar surface area (TPSA) is 96.3 Å². The molecular formula is C20H17N3O3. The van der Waals surface area contributed by atoms with Crippen molar-refractivity contribution in [3.63, 3.8) is 0 Å². The summed E-state index contributed by atoms with van der Waals surface area (Å²) in [6, 6.07) is 7.75. The first kappa shape index (κ1) is 15.3. The number of carbonyl (C=O) groups excluding carboxylic acids is 3. The van der Waals surface area contributed by atoms with Crippen LogP contribution in [0.2, 0.25) is 0 Å². The fourth-order valence-electron chi connectivity index (χ4n) is 4.43. The number of fused-ring (bicyclic) bond motifs is 8. The maximum absolute atomic E-state index is 13.1. The lowest BCUT2D eigenvalue weighted by Gasteiger charge is -2.10. The molecule has 130 valence electrons. The maximum Gasteiger partial charge on any atom is 0.269 e. The van der Waals surface area contributed by atoms with Gasteiger partial charge >= 0.3 is 0 Å². The molecular weight excluding hydrogens is 330 g/mol. The highest BCUT2D eigenvalue weighted by atomic mass is 16.2. The number of aromatic nitrogens is 1. The molecule has 3 N–H and O–H groups in total. The summed E-state index contributed by atoms with van der Waals surface area (Å²) >= 11 is 0. The van der Waals surface area contributed by atoms with Crippen LogP contribution in [0.25, 0.3) is 21.8 Å². The average Bonchev–Trinajstić information content (AvgIpc) is 3.30. The summed E-state index contributed by atoms with van der Waals surface area (Å²) < 4.78 is 0. The zero-order valence-electron chi connectivity index (χ0n) is 14.1. The summed E-state index contributed by atoms with van der Waals surface area (Å²) in [5.41, 5.74) is 10.1. The molecule has 2 heterocycles. The molecule has 3 aromatic rings. The highest BCUT2D eigenvalue weighted by Crippen LogP contribution is 2.43. The number of hydrogen-bond donors (Lipinski definition) is 2. The van der Waals surface area contributed by atoms with Gasteiger partial charge in [-0.05, 0) is 36.5 Å². The Kier molecular flexibility index (Phi) is 3.09. The minimum atomic E-state index is -0.529. The minimum Gasteiger partial charge on any atom is -0.354 e. The number of rotatable bonds is 2. The smallest absolute Gasteiger partial charge is 0.269 e. The molecule has 0 atom stereocenters. The monoisotopic (exact) mass is 347 g/mol. The Labute approximate surface area is 148 Å². The predicted octanol–water partition coefficient (Wildman–Crippen LogP) is 2.28. The lowest BCUT2D eigenvalue weighted by Crippen LogP contribution is -2.37. The van der Waals surface area contributed by atoms with Crippen LogP contribution in [0.15, 0.2) is 24.3 Å². The van der Waals surface area contributed by atoms with E-state index in [0.29, 0.717) is 11.1 Å². The molecule has 0 bridgehead atoms. The molecule has 0 spiro atoms. The fourth-order valence-corrected chi connectivity index (χ4v) is 4.43. The molecule has 2 aromatic carbocycles. The number of benzene rings is 2. The average molecular weight is 347 g/mol. The molecule has 5 rings (SSSR count). The molecule has 0 saturated carbocycles. The van der Waals surface area contributed by atoms with E-state index in [1.54, 1.807) is 0 Å². The van der Waals surface area contributed by atoms with Gasteiger partial charge in [0.25, 0.3) is 11.8 Å². The first-order chi connectivity index (χ1) is 12.6. The van der Waals surface area contributed by atoms with Gasteiger partial charge in [0.05, 0.1) is 16.6 Å². The van der Waals surface area contributed by atoms with Crippen molar-refractivity contribution < 1.29 is 14.4 Å². The Morgan fingerprint density at radius 3 is 2.62 bits per heavy atom. The van der Waals surface area contributed by atoms with Crippen molar-refractivity contribution in [2.75, 3.05) is 6.54 Å². The van der Waals surface area contributed by atoms with Gasteiger partial charge in [0.2, 0.25) is 5.91 Å². The number of nitrogens with one attached hydrogen (secondary N) is 1. The van der Waals surface area contributed by atoms with Crippen LogP contribution < -0.4 is 5.73 Å². The second kappa shape index (κ2) is 5.25. The summed E-state index contributed by atoms with van der Waals surface area (Å²) in [7, 11) is 0. The number of amides is 3. The third kappa shape index (κ3) is 1.77. The van der Waals surface area contributed by atoms with Crippen LogP contribution >= 0.6 is 0 Å². The predicted molar refractivity (Wildman–Crippen MR) is 97.0 cm³/mol. The third-order valence-electron chi connectivity index (χ3n) is 5.47. The maximum atomic E-state index is 13.1. The van der Waals surface area contributed by atoms with Crippen LogP contribution in [0.5, 0.6) is 0 Å². The van der Waals surface area contributed by atoms with Crippen LogP contribution in [0, 0.1) is 0 Å². The first-order valence-corrected chi connectivity index (χ1v) is 8.83. The summed E-state index contributed by atoms with van der Waals surface area (Å²) in [6.45, 7) is 0.104. The molecule has 1 aliphatic heterocycles. The number of H-pyrrole nitrogens is 1. The molecule has 1 aromatic heterocycles. The minimum absolute atomic E-state index is 0.0231. The molecule has 0 fully saturated rings. The summed E-state index contributed by atoms with van der Waals surface area (Å²) in [5, 5.41) is 1.67. The highest BCUT2D eigenvalue weighted by molar-refractivity contribution is 6.35. The SMILES string of the molecule is NCCC(=O)N1C(=O)c2c3c(c4[nH]c5ccccc5c4c2C1=O)CCC3. The first-order valence-electron chi connectivity index (χ1n) is 8.83. The van der Waals surface area contributed by atoms with Crippen molar-refractivity contribution in [3.05, 3.63) is 46.5 Å². The molecule has 2 aliphatic rings. The second-order valence-corrected chi connectivity index (χ2v) is 6.86. The highest BCUT2D eigenvalue weighted by Gasteiger charge is 2.44. The number of nitrogens with zero attached hydrogens (tertiary/aromatic N) is 1. The Balaban J connectivity index is 1.89. The van der Waals surface area contributed by atoms with E-state index < -0.39 is 17.7 Å². The Hall–Kier alpha value is -2.99. The van der Waals surface area contributed by atoms with Gasteiger partial charge in [-0.15, -0.1) is 0 Å². The van der Waals surface area contributed by atoms with Gasteiger partial charge in [0, 0.05) is 29.3 Å². The summed E-state index contributed by atoms with van der Waals surface area (Å²) in [6.07, 6.45) is 2.53. The molecule has 0 saturated heterocycles. The van der Waals surface area contributed by atoms with E-state index in [0.717, 1.165) is 57.1 Å². The third-order valence-corrected chi connectivity index (χ3v) is 5.47. The number of aryl methyl sites for hydroxylation is 1. The molecule has 26 heavy (non-hydrogen) atoms. The van der Waals surface area contributed by atoms with E-state index in [-0.39, 0.29) is 13.0 Å². The number of hydrogen-bond acceptors (Lipinski definition) is 4. The van der Waals surface area contributed by atoms with Crippen LogP contribution in [0.1, 0.15) is 44.7 Å². The van der Waals surface area contributed by atoms with Gasteiger partial charge in [-0.3, -0.25) is 14.4 Å². The van der Waals surface area contributed by atoms with Gasteiger partial charge in [-0.2, -0.15) is 0 Å².